The van der Waals surface area contributed by atoms with Crippen LogP contribution in [0.5, 0.6) is 0 Å². The molecule has 0 saturated carbocycles. The average Bonchev–Trinajstić information content (AvgIpc) is 2.50. The minimum absolute atomic E-state index is 0.224. The van der Waals surface area contributed by atoms with Crippen molar-refractivity contribution >= 4 is 0 Å². The topological polar surface area (TPSA) is 12.0 Å². The summed E-state index contributed by atoms with van der Waals surface area (Å²) in [6.45, 7) is 9.15. The lowest BCUT2D eigenvalue weighted by molar-refractivity contribution is 0.459. The van der Waals surface area contributed by atoms with Gasteiger partial charge < -0.3 is 5.32 Å². The first kappa shape index (κ1) is 18.2. The molecule has 0 atom stereocenters. The second kappa shape index (κ2) is 10.8. The van der Waals surface area contributed by atoms with E-state index in [9.17, 15) is 0 Å². The maximum Gasteiger partial charge on any atom is 0.00431 e. The third kappa shape index (κ3) is 8.26. The van der Waals surface area contributed by atoms with Crippen LogP contribution in [-0.4, -0.2) is 13.1 Å². The lowest BCUT2D eigenvalue weighted by Gasteiger charge is -2.25. The maximum atomic E-state index is 3.64. The molecule has 0 unspecified atom stereocenters. The average molecular weight is 290 g/mol. The van der Waals surface area contributed by atoms with Crippen molar-refractivity contribution in [3.05, 3.63) is 35.9 Å². The van der Waals surface area contributed by atoms with Crippen LogP contribution in [0.15, 0.2) is 30.3 Å². The summed E-state index contributed by atoms with van der Waals surface area (Å²) in [6.07, 6.45) is 11.2. The van der Waals surface area contributed by atoms with Crippen LogP contribution >= 0.6 is 0 Å². The van der Waals surface area contributed by atoms with Crippen LogP contribution in [0.2, 0.25) is 0 Å². The smallest absolute Gasteiger partial charge is 0.00431 e. The van der Waals surface area contributed by atoms with Gasteiger partial charge in [-0.2, -0.15) is 0 Å². The van der Waals surface area contributed by atoms with E-state index in [1.165, 1.54) is 56.9 Å². The third-order valence-electron chi connectivity index (χ3n) is 4.33. The van der Waals surface area contributed by atoms with E-state index in [2.05, 4.69) is 56.4 Å². The normalized spacial score (nSPS) is 11.8. The van der Waals surface area contributed by atoms with Gasteiger partial charge in [0.05, 0.1) is 0 Å². The lowest BCUT2D eigenvalue weighted by atomic mass is 9.84. The minimum Gasteiger partial charge on any atom is -0.316 e. The zero-order valence-electron chi connectivity index (χ0n) is 14.5. The number of rotatable bonds is 12. The largest absolute Gasteiger partial charge is 0.316 e. The van der Waals surface area contributed by atoms with Gasteiger partial charge in [0.1, 0.15) is 0 Å². The van der Waals surface area contributed by atoms with Crippen molar-refractivity contribution in [3.8, 4) is 0 Å². The summed E-state index contributed by atoms with van der Waals surface area (Å²) in [6, 6.07) is 10.8. The molecule has 21 heavy (non-hydrogen) atoms. The third-order valence-corrected chi connectivity index (χ3v) is 4.33. The molecular formula is C20H35N. The Hall–Kier alpha value is -0.820. The molecule has 0 radical (unpaired) electrons. The first-order valence-corrected chi connectivity index (χ1v) is 8.93. The highest BCUT2D eigenvalue weighted by Crippen LogP contribution is 2.21. The summed E-state index contributed by atoms with van der Waals surface area (Å²) in [5.41, 5.74) is 1.65. The molecule has 0 aromatic heterocycles. The molecule has 0 spiro atoms. The Morgan fingerprint density at radius 2 is 1.38 bits per heavy atom. The SMILES string of the molecule is CCCCCCCCCCNCC(C)(C)c1ccccc1. The molecule has 0 aliphatic carbocycles. The van der Waals surface area contributed by atoms with Crippen molar-refractivity contribution in [2.24, 2.45) is 0 Å². The summed E-state index contributed by atoms with van der Waals surface area (Å²) in [7, 11) is 0. The van der Waals surface area contributed by atoms with E-state index in [4.69, 9.17) is 0 Å². The van der Waals surface area contributed by atoms with Gasteiger partial charge in [-0.05, 0) is 18.5 Å². The van der Waals surface area contributed by atoms with Crippen LogP contribution in [0.1, 0.15) is 77.7 Å². The first-order valence-electron chi connectivity index (χ1n) is 8.93. The van der Waals surface area contributed by atoms with E-state index in [1.807, 2.05) is 0 Å². The standard InChI is InChI=1S/C20H35N/c1-4-5-6-7-8-9-10-14-17-21-18-20(2,3)19-15-12-11-13-16-19/h11-13,15-16,21H,4-10,14,17-18H2,1-3H3. The molecule has 0 bridgehead atoms. The van der Waals surface area contributed by atoms with Gasteiger partial charge in [-0.25, -0.2) is 0 Å². The second-order valence-electron chi connectivity index (χ2n) is 6.90. The zero-order chi connectivity index (χ0) is 15.4. The second-order valence-corrected chi connectivity index (χ2v) is 6.90. The van der Waals surface area contributed by atoms with Gasteiger partial charge in [0.15, 0.2) is 0 Å². The zero-order valence-corrected chi connectivity index (χ0v) is 14.5. The van der Waals surface area contributed by atoms with Gasteiger partial charge in [0.2, 0.25) is 0 Å². The lowest BCUT2D eigenvalue weighted by Crippen LogP contribution is -2.33. The van der Waals surface area contributed by atoms with Gasteiger partial charge in [-0.15, -0.1) is 0 Å². The fourth-order valence-electron chi connectivity index (χ4n) is 2.78. The van der Waals surface area contributed by atoms with Crippen molar-refractivity contribution in [2.45, 2.75) is 77.6 Å². The summed E-state index contributed by atoms with van der Waals surface area (Å²) in [5, 5.41) is 3.64. The molecule has 0 aliphatic heterocycles. The van der Waals surface area contributed by atoms with E-state index in [1.54, 1.807) is 0 Å². The molecule has 1 aromatic rings. The number of hydrogen-bond donors (Lipinski definition) is 1. The van der Waals surface area contributed by atoms with Crippen LogP contribution in [0.4, 0.5) is 0 Å². The Balaban J connectivity index is 2.01. The van der Waals surface area contributed by atoms with Crippen molar-refractivity contribution < 1.29 is 0 Å². The summed E-state index contributed by atoms with van der Waals surface area (Å²) in [5.74, 6) is 0. The van der Waals surface area contributed by atoms with Crippen LogP contribution in [0.3, 0.4) is 0 Å². The molecule has 0 aliphatic rings. The number of hydrogen-bond acceptors (Lipinski definition) is 1. The monoisotopic (exact) mass is 289 g/mol. The molecule has 0 heterocycles. The summed E-state index contributed by atoms with van der Waals surface area (Å²) in [4.78, 5) is 0. The van der Waals surface area contributed by atoms with Gasteiger partial charge in [-0.1, -0.05) is 96.0 Å². The Bertz CT molecular complexity index is 342. The first-order chi connectivity index (χ1) is 10.2. The predicted molar refractivity (Wildman–Crippen MR) is 94.9 cm³/mol. The molecule has 1 aromatic carbocycles. The number of nitrogens with one attached hydrogen (secondary N) is 1. The molecule has 0 fully saturated rings. The molecule has 1 N–H and O–H groups in total. The molecular weight excluding hydrogens is 254 g/mol. The van der Waals surface area contributed by atoms with Gasteiger partial charge in [-0.3, -0.25) is 0 Å². The van der Waals surface area contributed by atoms with E-state index >= 15 is 0 Å². The molecule has 1 heteroatoms. The van der Waals surface area contributed by atoms with Gasteiger partial charge in [0, 0.05) is 12.0 Å². The predicted octanol–water partition coefficient (Wildman–Crippen LogP) is 5.69. The van der Waals surface area contributed by atoms with Crippen LogP contribution < -0.4 is 5.32 Å². The van der Waals surface area contributed by atoms with Crippen LogP contribution in [0, 0.1) is 0 Å². The van der Waals surface area contributed by atoms with Crippen molar-refractivity contribution in [2.75, 3.05) is 13.1 Å². The van der Waals surface area contributed by atoms with E-state index < -0.39 is 0 Å². The summed E-state index contributed by atoms with van der Waals surface area (Å²) < 4.78 is 0. The van der Waals surface area contributed by atoms with Crippen LogP contribution in [-0.2, 0) is 5.41 Å². The molecule has 0 amide bonds. The number of benzene rings is 1. The fourth-order valence-corrected chi connectivity index (χ4v) is 2.78. The van der Waals surface area contributed by atoms with Crippen molar-refractivity contribution in [3.63, 3.8) is 0 Å². The highest BCUT2D eigenvalue weighted by Gasteiger charge is 2.19. The Kier molecular flexibility index (Phi) is 9.41. The highest BCUT2D eigenvalue weighted by atomic mass is 14.9. The molecule has 120 valence electrons. The Morgan fingerprint density at radius 3 is 2.00 bits per heavy atom. The minimum atomic E-state index is 0.224. The van der Waals surface area contributed by atoms with Gasteiger partial charge in [0.25, 0.3) is 0 Å². The van der Waals surface area contributed by atoms with Crippen LogP contribution in [0.25, 0.3) is 0 Å². The molecule has 0 saturated heterocycles. The van der Waals surface area contributed by atoms with E-state index in [0.717, 1.165) is 13.1 Å². The van der Waals surface area contributed by atoms with Crippen molar-refractivity contribution in [1.29, 1.82) is 0 Å². The summed E-state index contributed by atoms with van der Waals surface area (Å²) >= 11 is 0. The highest BCUT2D eigenvalue weighted by molar-refractivity contribution is 5.23. The van der Waals surface area contributed by atoms with E-state index in [-0.39, 0.29) is 5.41 Å². The maximum absolute atomic E-state index is 3.64. The van der Waals surface area contributed by atoms with E-state index in [0.29, 0.717) is 0 Å². The molecule has 1 nitrogen and oxygen atoms in total. The Labute approximate surface area is 132 Å². The number of unbranched alkanes of at least 4 members (excludes halogenated alkanes) is 7. The Morgan fingerprint density at radius 1 is 0.810 bits per heavy atom. The fraction of sp³-hybridized carbons (Fsp3) is 0.700. The molecule has 1 rings (SSSR count). The quantitative estimate of drug-likeness (QED) is 0.487. The van der Waals surface area contributed by atoms with Crippen molar-refractivity contribution in [1.82, 2.24) is 5.32 Å². The van der Waals surface area contributed by atoms with Gasteiger partial charge >= 0.3 is 0 Å².